The molecule has 0 saturated heterocycles. The highest BCUT2D eigenvalue weighted by Crippen LogP contribution is 2.24. The van der Waals surface area contributed by atoms with E-state index in [1.165, 1.54) is 30.3 Å². The average Bonchev–Trinajstić information content (AvgIpc) is 2.91. The Morgan fingerprint density at radius 2 is 1.64 bits per heavy atom. The lowest BCUT2D eigenvalue weighted by atomic mass is 10.2. The molecule has 0 radical (unpaired) electrons. The van der Waals surface area contributed by atoms with E-state index in [1.54, 1.807) is 0 Å². The predicted molar refractivity (Wildman–Crippen MR) is 86.1 cm³/mol. The summed E-state index contributed by atoms with van der Waals surface area (Å²) in [6.45, 7) is 0. The number of aromatic nitrogens is 2. The number of hydrogen-bond donors (Lipinski definition) is 1. The summed E-state index contributed by atoms with van der Waals surface area (Å²) in [4.78, 5) is 0.0753. The number of nitrogens with two attached hydrogens (primary N) is 1. The molecule has 0 amide bonds. The van der Waals surface area contributed by atoms with Crippen molar-refractivity contribution in [1.82, 2.24) is 9.19 Å². The maximum absolute atomic E-state index is 12.6. The molecule has 0 aliphatic heterocycles. The highest BCUT2D eigenvalue weighted by molar-refractivity contribution is 7.90. The summed E-state index contributed by atoms with van der Waals surface area (Å²) in [7, 11) is -3.85. The highest BCUT2D eigenvalue weighted by atomic mass is 35.5. The Labute approximate surface area is 133 Å². The molecule has 0 spiro atoms. The van der Waals surface area contributed by atoms with Crippen molar-refractivity contribution < 1.29 is 8.42 Å². The van der Waals surface area contributed by atoms with Crippen LogP contribution in [0.3, 0.4) is 0 Å². The maximum atomic E-state index is 12.6. The minimum atomic E-state index is -3.85. The molecule has 3 rings (SSSR count). The Balaban J connectivity index is 2.09. The fourth-order valence-electron chi connectivity index (χ4n) is 2.03. The van der Waals surface area contributed by atoms with Crippen LogP contribution in [0.2, 0.25) is 5.02 Å². The molecule has 0 fully saturated rings. The Hall–Kier alpha value is -2.31. The van der Waals surface area contributed by atoms with Crippen molar-refractivity contribution in [3.8, 4) is 11.3 Å². The van der Waals surface area contributed by atoms with Crippen LogP contribution in [-0.4, -0.2) is 17.6 Å². The minimum Gasteiger partial charge on any atom is -0.383 e. The van der Waals surface area contributed by atoms with Crippen molar-refractivity contribution in [1.29, 1.82) is 0 Å². The van der Waals surface area contributed by atoms with E-state index in [-0.39, 0.29) is 10.7 Å². The van der Waals surface area contributed by atoms with E-state index in [9.17, 15) is 8.42 Å². The van der Waals surface area contributed by atoms with Crippen molar-refractivity contribution >= 4 is 27.4 Å². The second kappa shape index (κ2) is 5.47. The number of anilines is 1. The van der Waals surface area contributed by atoms with Gasteiger partial charge in [0.1, 0.15) is 5.82 Å². The molecule has 5 nitrogen and oxygen atoms in total. The molecule has 1 aromatic heterocycles. The lowest BCUT2D eigenvalue weighted by Crippen LogP contribution is -2.16. The quantitative estimate of drug-likeness (QED) is 0.799. The third kappa shape index (κ3) is 2.58. The first-order chi connectivity index (χ1) is 10.5. The van der Waals surface area contributed by atoms with Gasteiger partial charge in [-0.25, -0.2) is 0 Å². The van der Waals surface area contributed by atoms with Crippen LogP contribution in [0.25, 0.3) is 11.3 Å². The van der Waals surface area contributed by atoms with Crippen molar-refractivity contribution in [2.75, 3.05) is 5.73 Å². The van der Waals surface area contributed by atoms with Gasteiger partial charge < -0.3 is 5.73 Å². The number of hydrogen-bond acceptors (Lipinski definition) is 4. The van der Waals surface area contributed by atoms with Crippen LogP contribution in [0.1, 0.15) is 0 Å². The molecular weight excluding hydrogens is 322 g/mol. The normalized spacial score (nSPS) is 11.5. The molecule has 22 heavy (non-hydrogen) atoms. The first-order valence-electron chi connectivity index (χ1n) is 6.40. The highest BCUT2D eigenvalue weighted by Gasteiger charge is 2.21. The summed E-state index contributed by atoms with van der Waals surface area (Å²) in [6.07, 6.45) is 0. The standard InChI is InChI=1S/C15H12ClN3O2S/c16-12-6-8-13(9-7-12)22(20,21)19-15(17)10-14(18-19)11-4-2-1-3-5-11/h1-10H,17H2. The van der Waals surface area contributed by atoms with Crippen LogP contribution < -0.4 is 5.73 Å². The zero-order chi connectivity index (χ0) is 15.7. The first-order valence-corrected chi connectivity index (χ1v) is 8.22. The second-order valence-corrected chi connectivity index (χ2v) is 6.83. The maximum Gasteiger partial charge on any atom is 0.284 e. The van der Waals surface area contributed by atoms with Crippen LogP contribution in [0.5, 0.6) is 0 Å². The van der Waals surface area contributed by atoms with Crippen LogP contribution in [0.4, 0.5) is 5.82 Å². The first kappa shape index (κ1) is 14.6. The van der Waals surface area contributed by atoms with E-state index in [4.69, 9.17) is 17.3 Å². The Bertz CT molecular complexity index is 904. The molecule has 0 bridgehead atoms. The fraction of sp³-hybridized carbons (Fsp3) is 0. The van der Waals surface area contributed by atoms with Crippen LogP contribution in [0.15, 0.2) is 65.6 Å². The molecule has 2 aromatic carbocycles. The van der Waals surface area contributed by atoms with Crippen LogP contribution >= 0.6 is 11.6 Å². The van der Waals surface area contributed by atoms with Gasteiger partial charge in [0.2, 0.25) is 0 Å². The van der Waals surface area contributed by atoms with Crippen LogP contribution in [-0.2, 0) is 10.0 Å². The van der Waals surface area contributed by atoms with Gasteiger partial charge in [0.15, 0.2) is 0 Å². The zero-order valence-corrected chi connectivity index (χ0v) is 12.9. The Kier molecular flexibility index (Phi) is 3.64. The van der Waals surface area contributed by atoms with E-state index < -0.39 is 10.0 Å². The van der Waals surface area contributed by atoms with Gasteiger partial charge in [-0.3, -0.25) is 0 Å². The third-order valence-electron chi connectivity index (χ3n) is 3.11. The van der Waals surface area contributed by atoms with Gasteiger partial charge >= 0.3 is 0 Å². The summed E-state index contributed by atoms with van der Waals surface area (Å²) < 4.78 is 26.0. The molecule has 0 saturated carbocycles. The molecule has 0 atom stereocenters. The average molecular weight is 334 g/mol. The summed E-state index contributed by atoms with van der Waals surface area (Å²) in [5.41, 5.74) is 7.11. The molecule has 0 unspecified atom stereocenters. The van der Waals surface area contributed by atoms with Gasteiger partial charge in [-0.2, -0.15) is 13.5 Å². The van der Waals surface area contributed by atoms with Crippen LogP contribution in [0, 0.1) is 0 Å². The molecule has 0 aliphatic rings. The van der Waals surface area contributed by atoms with E-state index >= 15 is 0 Å². The van der Waals surface area contributed by atoms with Crippen molar-refractivity contribution in [2.24, 2.45) is 0 Å². The molecule has 7 heteroatoms. The third-order valence-corrected chi connectivity index (χ3v) is 4.98. The van der Waals surface area contributed by atoms with E-state index in [1.807, 2.05) is 30.3 Å². The molecule has 3 aromatic rings. The summed E-state index contributed by atoms with van der Waals surface area (Å²) >= 11 is 5.78. The predicted octanol–water partition coefficient (Wildman–Crippen LogP) is 3.02. The monoisotopic (exact) mass is 333 g/mol. The number of benzene rings is 2. The molecule has 1 heterocycles. The van der Waals surface area contributed by atoms with Crippen molar-refractivity contribution in [2.45, 2.75) is 4.90 Å². The molecule has 0 aliphatic carbocycles. The van der Waals surface area contributed by atoms with Gasteiger partial charge in [-0.05, 0) is 24.3 Å². The molecular formula is C15H12ClN3O2S. The van der Waals surface area contributed by atoms with Gasteiger partial charge in [0.25, 0.3) is 10.0 Å². The Morgan fingerprint density at radius 3 is 2.27 bits per heavy atom. The minimum absolute atomic E-state index is 0.0498. The number of nitrogens with zero attached hydrogens (tertiary/aromatic N) is 2. The smallest absolute Gasteiger partial charge is 0.284 e. The molecule has 2 N–H and O–H groups in total. The lowest BCUT2D eigenvalue weighted by molar-refractivity contribution is 0.581. The second-order valence-electron chi connectivity index (χ2n) is 4.62. The van der Waals surface area contributed by atoms with Gasteiger partial charge in [0.05, 0.1) is 10.6 Å². The number of rotatable bonds is 3. The SMILES string of the molecule is Nc1cc(-c2ccccc2)nn1S(=O)(=O)c1ccc(Cl)cc1. The fourth-order valence-corrected chi connectivity index (χ4v) is 3.36. The number of halogens is 1. The largest absolute Gasteiger partial charge is 0.383 e. The van der Waals surface area contributed by atoms with Crippen molar-refractivity contribution in [3.63, 3.8) is 0 Å². The van der Waals surface area contributed by atoms with E-state index in [0.29, 0.717) is 10.7 Å². The topological polar surface area (TPSA) is 78.0 Å². The van der Waals surface area contributed by atoms with E-state index in [2.05, 4.69) is 5.10 Å². The van der Waals surface area contributed by atoms with Gasteiger partial charge in [-0.15, -0.1) is 4.09 Å². The summed E-state index contributed by atoms with van der Waals surface area (Å²) in [5, 5.41) is 4.58. The molecule has 112 valence electrons. The van der Waals surface area contributed by atoms with Gasteiger partial charge in [0, 0.05) is 16.7 Å². The summed E-state index contributed by atoms with van der Waals surface area (Å²) in [5.74, 6) is 0.0498. The van der Waals surface area contributed by atoms with E-state index in [0.717, 1.165) is 9.65 Å². The zero-order valence-electron chi connectivity index (χ0n) is 11.3. The number of nitrogen functional groups attached to an aromatic ring is 1. The lowest BCUT2D eigenvalue weighted by Gasteiger charge is -2.06. The summed E-state index contributed by atoms with van der Waals surface area (Å²) in [6, 6.07) is 16.6. The Morgan fingerprint density at radius 1 is 1.00 bits per heavy atom. The van der Waals surface area contributed by atoms with Crippen molar-refractivity contribution in [3.05, 3.63) is 65.7 Å². The van der Waals surface area contributed by atoms with Gasteiger partial charge in [-0.1, -0.05) is 41.9 Å².